The van der Waals surface area contributed by atoms with E-state index in [0.29, 0.717) is 25.3 Å². The van der Waals surface area contributed by atoms with Gasteiger partial charge < -0.3 is 14.5 Å². The van der Waals surface area contributed by atoms with Crippen molar-refractivity contribution in [1.29, 1.82) is 0 Å². The molecule has 0 N–H and O–H groups in total. The lowest BCUT2D eigenvalue weighted by molar-refractivity contribution is -0.149. The Morgan fingerprint density at radius 1 is 0.929 bits per heavy atom. The molecule has 3 heterocycles. The number of piperidine rings is 1. The van der Waals surface area contributed by atoms with E-state index in [0.717, 1.165) is 79.1 Å². The van der Waals surface area contributed by atoms with Crippen LogP contribution in [-0.4, -0.2) is 77.5 Å². The number of ether oxygens (including phenoxy) is 1. The summed E-state index contributed by atoms with van der Waals surface area (Å²) in [5, 5.41) is 0.776. The standard InChI is InChI=1S/C33H41N5O3S/c1-4-41-32(40)29-11-8-16-38(22-29)31(39)28-14-12-27(13-15-28)23-42-33-34-25(3)24(2)30(35-33)37-19-17-36(18-20-37)21-26-9-6-5-7-10-26/h5-7,9-10,12-15,29H,4,8,11,16-23H2,1-3H3. The molecule has 0 saturated carbocycles. The number of rotatable bonds is 9. The molecule has 222 valence electrons. The lowest BCUT2D eigenvalue weighted by Gasteiger charge is -2.36. The predicted octanol–water partition coefficient (Wildman–Crippen LogP) is 5.12. The van der Waals surface area contributed by atoms with E-state index >= 15 is 0 Å². The molecule has 0 radical (unpaired) electrons. The first-order valence-electron chi connectivity index (χ1n) is 15.0. The highest BCUT2D eigenvalue weighted by Crippen LogP contribution is 2.27. The third-order valence-corrected chi connectivity index (χ3v) is 9.08. The van der Waals surface area contributed by atoms with Gasteiger partial charge in [-0.25, -0.2) is 9.97 Å². The number of aryl methyl sites for hydroxylation is 1. The van der Waals surface area contributed by atoms with E-state index in [1.165, 1.54) is 5.56 Å². The van der Waals surface area contributed by atoms with Crippen LogP contribution in [0.5, 0.6) is 0 Å². The third kappa shape index (κ3) is 7.50. The molecule has 2 aliphatic rings. The Bertz CT molecular complexity index is 1360. The highest BCUT2D eigenvalue weighted by atomic mass is 32.2. The second kappa shape index (κ2) is 14.2. The molecule has 0 bridgehead atoms. The van der Waals surface area contributed by atoms with Crippen molar-refractivity contribution in [2.45, 2.75) is 51.1 Å². The third-order valence-electron chi connectivity index (χ3n) is 8.16. The lowest BCUT2D eigenvalue weighted by atomic mass is 9.97. The number of benzene rings is 2. The Balaban J connectivity index is 1.16. The minimum atomic E-state index is -0.237. The largest absolute Gasteiger partial charge is 0.466 e. The maximum Gasteiger partial charge on any atom is 0.310 e. The summed E-state index contributed by atoms with van der Waals surface area (Å²) in [4.78, 5) is 41.7. The highest BCUT2D eigenvalue weighted by Gasteiger charge is 2.30. The summed E-state index contributed by atoms with van der Waals surface area (Å²) < 4.78 is 5.18. The molecule has 1 unspecified atom stereocenters. The summed E-state index contributed by atoms with van der Waals surface area (Å²) in [6.45, 7) is 12.3. The van der Waals surface area contributed by atoms with Gasteiger partial charge in [-0.15, -0.1) is 0 Å². The maximum atomic E-state index is 13.1. The fourth-order valence-corrected chi connectivity index (χ4v) is 6.45. The van der Waals surface area contributed by atoms with Crippen LogP contribution in [0.4, 0.5) is 5.82 Å². The van der Waals surface area contributed by atoms with Crippen molar-refractivity contribution in [3.63, 3.8) is 0 Å². The second-order valence-corrected chi connectivity index (χ2v) is 12.1. The fraction of sp³-hybridized carbons (Fsp3) is 0.455. The topological polar surface area (TPSA) is 78.9 Å². The highest BCUT2D eigenvalue weighted by molar-refractivity contribution is 7.98. The van der Waals surface area contributed by atoms with Crippen molar-refractivity contribution < 1.29 is 14.3 Å². The number of piperazine rings is 1. The van der Waals surface area contributed by atoms with E-state index in [4.69, 9.17) is 14.7 Å². The predicted molar refractivity (Wildman–Crippen MR) is 167 cm³/mol. The van der Waals surface area contributed by atoms with Gasteiger partial charge in [-0.05, 0) is 56.9 Å². The summed E-state index contributed by atoms with van der Waals surface area (Å²) in [5.41, 5.74) is 5.26. The smallest absolute Gasteiger partial charge is 0.310 e. The number of esters is 1. The van der Waals surface area contributed by atoms with Gasteiger partial charge in [0.1, 0.15) is 5.82 Å². The summed E-state index contributed by atoms with van der Waals surface area (Å²) >= 11 is 1.62. The van der Waals surface area contributed by atoms with Gasteiger partial charge in [-0.2, -0.15) is 0 Å². The number of carbonyl (C=O) groups excluding carboxylic acids is 2. The van der Waals surface area contributed by atoms with Crippen molar-refractivity contribution in [2.24, 2.45) is 5.92 Å². The lowest BCUT2D eigenvalue weighted by Crippen LogP contribution is -2.46. The first-order valence-corrected chi connectivity index (χ1v) is 15.9. The van der Waals surface area contributed by atoms with Gasteiger partial charge >= 0.3 is 5.97 Å². The number of anilines is 1. The first kappa shape index (κ1) is 30.0. The van der Waals surface area contributed by atoms with Crippen LogP contribution in [0.2, 0.25) is 0 Å². The normalized spacial score (nSPS) is 17.7. The zero-order valence-corrected chi connectivity index (χ0v) is 25.7. The van der Waals surface area contributed by atoms with Crippen molar-refractivity contribution in [3.8, 4) is 0 Å². The van der Waals surface area contributed by atoms with Crippen LogP contribution in [0, 0.1) is 19.8 Å². The minimum absolute atomic E-state index is 0.0331. The van der Waals surface area contributed by atoms with E-state index in [1.54, 1.807) is 16.7 Å². The number of hydrogen-bond acceptors (Lipinski definition) is 8. The number of carbonyl (C=O) groups is 2. The van der Waals surface area contributed by atoms with Gasteiger partial charge in [0.2, 0.25) is 0 Å². The molecule has 0 spiro atoms. The molecule has 0 aliphatic carbocycles. The number of amides is 1. The Morgan fingerprint density at radius 2 is 1.67 bits per heavy atom. The molecule has 2 aliphatic heterocycles. The summed E-state index contributed by atoms with van der Waals surface area (Å²) in [6, 6.07) is 18.4. The van der Waals surface area contributed by atoms with Gasteiger partial charge in [-0.3, -0.25) is 14.5 Å². The quantitative estimate of drug-likeness (QED) is 0.194. The van der Waals surface area contributed by atoms with Gasteiger partial charge in [0.05, 0.1) is 12.5 Å². The minimum Gasteiger partial charge on any atom is -0.466 e. The number of thioether (sulfide) groups is 1. The van der Waals surface area contributed by atoms with Gasteiger partial charge in [0.25, 0.3) is 5.91 Å². The molecule has 2 saturated heterocycles. The van der Waals surface area contributed by atoms with Crippen molar-refractivity contribution in [1.82, 2.24) is 19.8 Å². The average Bonchev–Trinajstić information content (AvgIpc) is 3.02. The zero-order chi connectivity index (χ0) is 29.5. The van der Waals surface area contributed by atoms with Gasteiger partial charge in [-0.1, -0.05) is 54.2 Å². The molecule has 1 atom stereocenters. The van der Waals surface area contributed by atoms with Crippen LogP contribution in [0.15, 0.2) is 59.8 Å². The summed E-state index contributed by atoms with van der Waals surface area (Å²) in [5.74, 6) is 1.28. The van der Waals surface area contributed by atoms with Crippen molar-refractivity contribution in [3.05, 3.63) is 82.5 Å². The fourth-order valence-electron chi connectivity index (χ4n) is 5.61. The maximum absolute atomic E-state index is 13.1. The number of hydrogen-bond donors (Lipinski definition) is 0. The number of likely N-dealkylation sites (tertiary alicyclic amines) is 1. The Kier molecular flexibility index (Phi) is 10.1. The van der Waals surface area contributed by atoms with Crippen LogP contribution in [-0.2, 0) is 21.8 Å². The Labute approximate surface area is 253 Å². The van der Waals surface area contributed by atoms with E-state index in [-0.39, 0.29) is 17.8 Å². The van der Waals surface area contributed by atoms with Crippen LogP contribution < -0.4 is 4.90 Å². The number of aromatic nitrogens is 2. The van der Waals surface area contributed by atoms with Crippen molar-refractivity contribution >= 4 is 29.5 Å². The van der Waals surface area contributed by atoms with E-state index in [9.17, 15) is 9.59 Å². The summed E-state index contributed by atoms with van der Waals surface area (Å²) in [6.07, 6.45) is 1.58. The van der Waals surface area contributed by atoms with E-state index in [1.807, 2.05) is 31.2 Å². The van der Waals surface area contributed by atoms with E-state index < -0.39 is 0 Å². The van der Waals surface area contributed by atoms with Crippen LogP contribution in [0.25, 0.3) is 0 Å². The molecule has 5 rings (SSSR count). The molecule has 1 amide bonds. The molecule has 2 fully saturated rings. The molecular weight excluding hydrogens is 546 g/mol. The molecule has 3 aromatic rings. The van der Waals surface area contributed by atoms with Gasteiger partial charge in [0, 0.05) is 68.4 Å². The van der Waals surface area contributed by atoms with Gasteiger partial charge in [0.15, 0.2) is 5.16 Å². The first-order chi connectivity index (χ1) is 20.4. The molecule has 1 aromatic heterocycles. The van der Waals surface area contributed by atoms with Crippen LogP contribution in [0.1, 0.15) is 52.5 Å². The summed E-state index contributed by atoms with van der Waals surface area (Å²) in [7, 11) is 0. The second-order valence-electron chi connectivity index (χ2n) is 11.1. The molecule has 42 heavy (non-hydrogen) atoms. The van der Waals surface area contributed by atoms with Crippen LogP contribution in [0.3, 0.4) is 0 Å². The average molecular weight is 588 g/mol. The molecular formula is C33H41N5O3S. The molecule has 2 aromatic carbocycles. The molecule has 8 nitrogen and oxygen atoms in total. The SMILES string of the molecule is CCOC(=O)C1CCCN(C(=O)c2ccc(CSc3nc(C)c(C)c(N4CCN(Cc5ccccc5)CC4)n3)cc2)C1. The number of nitrogens with zero attached hydrogens (tertiary/aromatic N) is 5. The monoisotopic (exact) mass is 587 g/mol. The molecule has 9 heteroatoms. The zero-order valence-electron chi connectivity index (χ0n) is 24.9. The Morgan fingerprint density at radius 3 is 2.38 bits per heavy atom. The Hall–Kier alpha value is -3.43. The van der Waals surface area contributed by atoms with Crippen molar-refractivity contribution in [2.75, 3.05) is 50.8 Å². The van der Waals surface area contributed by atoms with Crippen LogP contribution >= 0.6 is 11.8 Å². The van der Waals surface area contributed by atoms with E-state index in [2.05, 4.69) is 54.0 Å².